The smallest absolute Gasteiger partial charge is 0.119 e. The number of hydrogen-bond acceptors (Lipinski definition) is 4. The molecular formula is C17H28N2O2. The van der Waals surface area contributed by atoms with Gasteiger partial charge in [0.15, 0.2) is 0 Å². The fourth-order valence-electron chi connectivity index (χ4n) is 3.28. The quantitative estimate of drug-likeness (QED) is 0.835. The van der Waals surface area contributed by atoms with Gasteiger partial charge in [-0.05, 0) is 50.0 Å². The van der Waals surface area contributed by atoms with Crippen LogP contribution in [0.4, 0.5) is 0 Å². The molecule has 0 saturated carbocycles. The van der Waals surface area contributed by atoms with E-state index in [0.29, 0.717) is 5.41 Å². The van der Waals surface area contributed by atoms with Crippen molar-refractivity contribution in [2.24, 2.45) is 5.41 Å². The Morgan fingerprint density at radius 3 is 2.76 bits per heavy atom. The molecule has 0 amide bonds. The Balaban J connectivity index is 1.96. The second-order valence-electron chi connectivity index (χ2n) is 6.17. The van der Waals surface area contributed by atoms with Crippen molar-refractivity contribution in [3.05, 3.63) is 29.8 Å². The van der Waals surface area contributed by atoms with E-state index in [1.165, 1.54) is 5.56 Å². The minimum absolute atomic E-state index is 0.334. The largest absolute Gasteiger partial charge is 0.497 e. The van der Waals surface area contributed by atoms with Crippen molar-refractivity contribution in [2.45, 2.75) is 19.4 Å². The summed E-state index contributed by atoms with van der Waals surface area (Å²) in [5.74, 6) is 0.928. The van der Waals surface area contributed by atoms with Gasteiger partial charge < -0.3 is 19.7 Å². The van der Waals surface area contributed by atoms with Crippen molar-refractivity contribution >= 4 is 0 Å². The monoisotopic (exact) mass is 292 g/mol. The Kier molecular flexibility index (Phi) is 6.03. The number of methoxy groups -OCH3 is 1. The predicted molar refractivity (Wildman–Crippen MR) is 85.7 cm³/mol. The van der Waals surface area contributed by atoms with Gasteiger partial charge >= 0.3 is 0 Å². The number of rotatable bonds is 7. The standard InChI is InChI=1S/C17H28N2O2/c1-18-13-17(7-9-21-10-8-17)14-19(2)12-15-5-4-6-16(11-15)20-3/h4-6,11,18H,7-10,12-14H2,1-3H3. The zero-order valence-corrected chi connectivity index (χ0v) is 13.5. The Morgan fingerprint density at radius 2 is 2.10 bits per heavy atom. The first-order chi connectivity index (χ1) is 10.2. The van der Waals surface area contributed by atoms with Gasteiger partial charge in [0.1, 0.15) is 5.75 Å². The van der Waals surface area contributed by atoms with E-state index >= 15 is 0 Å². The fourth-order valence-corrected chi connectivity index (χ4v) is 3.28. The van der Waals surface area contributed by atoms with Gasteiger partial charge in [-0.15, -0.1) is 0 Å². The molecule has 1 aliphatic rings. The molecule has 2 rings (SSSR count). The summed E-state index contributed by atoms with van der Waals surface area (Å²) in [4.78, 5) is 2.41. The van der Waals surface area contributed by atoms with E-state index in [4.69, 9.17) is 9.47 Å². The fraction of sp³-hybridized carbons (Fsp3) is 0.647. The Hall–Kier alpha value is -1.10. The van der Waals surface area contributed by atoms with Crippen molar-refractivity contribution in [1.82, 2.24) is 10.2 Å². The normalized spacial score (nSPS) is 17.9. The highest BCUT2D eigenvalue weighted by atomic mass is 16.5. The molecule has 118 valence electrons. The van der Waals surface area contributed by atoms with Gasteiger partial charge in [-0.1, -0.05) is 12.1 Å². The molecule has 0 aromatic heterocycles. The second kappa shape index (κ2) is 7.78. The lowest BCUT2D eigenvalue weighted by molar-refractivity contribution is -0.000738. The first-order valence-electron chi connectivity index (χ1n) is 7.71. The van der Waals surface area contributed by atoms with Gasteiger partial charge in [-0.3, -0.25) is 0 Å². The Labute approximate surface area is 128 Å². The van der Waals surface area contributed by atoms with Gasteiger partial charge in [-0.25, -0.2) is 0 Å². The van der Waals surface area contributed by atoms with Gasteiger partial charge in [0.25, 0.3) is 0 Å². The SMILES string of the molecule is CNCC1(CN(C)Cc2cccc(OC)c2)CCOCC1. The second-order valence-corrected chi connectivity index (χ2v) is 6.17. The van der Waals surface area contributed by atoms with E-state index in [1.54, 1.807) is 7.11 Å². The highest BCUT2D eigenvalue weighted by molar-refractivity contribution is 5.28. The van der Waals surface area contributed by atoms with Crippen molar-refractivity contribution in [3.63, 3.8) is 0 Å². The Bertz CT molecular complexity index is 425. The molecule has 21 heavy (non-hydrogen) atoms. The highest BCUT2D eigenvalue weighted by Crippen LogP contribution is 2.31. The third-order valence-electron chi connectivity index (χ3n) is 4.30. The maximum absolute atomic E-state index is 5.54. The average Bonchev–Trinajstić information content (AvgIpc) is 2.48. The van der Waals surface area contributed by atoms with Crippen LogP contribution in [0, 0.1) is 5.41 Å². The minimum atomic E-state index is 0.334. The summed E-state index contributed by atoms with van der Waals surface area (Å²) in [6.07, 6.45) is 2.27. The van der Waals surface area contributed by atoms with Crippen LogP contribution in [-0.4, -0.2) is 52.4 Å². The van der Waals surface area contributed by atoms with E-state index in [1.807, 2.05) is 13.1 Å². The van der Waals surface area contributed by atoms with Crippen LogP contribution in [0.5, 0.6) is 5.75 Å². The molecule has 0 atom stereocenters. The van der Waals surface area contributed by atoms with E-state index < -0.39 is 0 Å². The molecule has 1 N–H and O–H groups in total. The van der Waals surface area contributed by atoms with Gasteiger partial charge in [0.2, 0.25) is 0 Å². The van der Waals surface area contributed by atoms with Crippen molar-refractivity contribution in [1.29, 1.82) is 0 Å². The molecule has 1 aliphatic heterocycles. The lowest BCUT2D eigenvalue weighted by Gasteiger charge is -2.40. The number of nitrogens with one attached hydrogen (secondary N) is 1. The molecule has 0 aliphatic carbocycles. The highest BCUT2D eigenvalue weighted by Gasteiger charge is 2.33. The van der Waals surface area contributed by atoms with Gasteiger partial charge in [-0.2, -0.15) is 0 Å². The topological polar surface area (TPSA) is 33.7 Å². The summed E-state index contributed by atoms with van der Waals surface area (Å²) in [5.41, 5.74) is 1.63. The van der Waals surface area contributed by atoms with Crippen LogP contribution in [0.2, 0.25) is 0 Å². The van der Waals surface area contributed by atoms with Crippen LogP contribution in [0.1, 0.15) is 18.4 Å². The first kappa shape index (κ1) is 16.3. The summed E-state index contributed by atoms with van der Waals surface area (Å²) in [7, 11) is 5.96. The third kappa shape index (κ3) is 4.70. The molecule has 1 aromatic rings. The lowest BCUT2D eigenvalue weighted by atomic mass is 9.79. The zero-order valence-electron chi connectivity index (χ0n) is 13.5. The minimum Gasteiger partial charge on any atom is -0.497 e. The maximum atomic E-state index is 5.54. The number of benzene rings is 1. The van der Waals surface area contributed by atoms with Crippen LogP contribution in [0.15, 0.2) is 24.3 Å². The maximum Gasteiger partial charge on any atom is 0.119 e. The molecule has 0 radical (unpaired) electrons. The predicted octanol–water partition coefficient (Wildman–Crippen LogP) is 2.14. The van der Waals surface area contributed by atoms with Crippen LogP contribution in [0.3, 0.4) is 0 Å². The molecule has 4 nitrogen and oxygen atoms in total. The summed E-state index contributed by atoms with van der Waals surface area (Å²) >= 11 is 0. The molecule has 0 unspecified atom stereocenters. The van der Waals surface area contributed by atoms with Crippen LogP contribution in [-0.2, 0) is 11.3 Å². The van der Waals surface area contributed by atoms with Gasteiger partial charge in [0.05, 0.1) is 7.11 Å². The lowest BCUT2D eigenvalue weighted by Crippen LogP contribution is -2.45. The molecule has 0 spiro atoms. The van der Waals surface area contributed by atoms with E-state index in [0.717, 1.165) is 51.4 Å². The number of nitrogens with zero attached hydrogens (tertiary/aromatic N) is 1. The molecule has 0 bridgehead atoms. The molecule has 4 heteroatoms. The van der Waals surface area contributed by atoms with Gasteiger partial charge in [0, 0.05) is 32.8 Å². The number of ether oxygens (including phenoxy) is 2. The van der Waals surface area contributed by atoms with E-state index in [2.05, 4.69) is 35.5 Å². The summed E-state index contributed by atoms with van der Waals surface area (Å²) in [6.45, 7) is 4.86. The average molecular weight is 292 g/mol. The Morgan fingerprint density at radius 1 is 1.33 bits per heavy atom. The van der Waals surface area contributed by atoms with Crippen molar-refractivity contribution < 1.29 is 9.47 Å². The molecular weight excluding hydrogens is 264 g/mol. The summed E-state index contributed by atoms with van der Waals surface area (Å²) in [6, 6.07) is 8.32. The summed E-state index contributed by atoms with van der Waals surface area (Å²) < 4.78 is 10.8. The van der Waals surface area contributed by atoms with Crippen molar-refractivity contribution in [3.8, 4) is 5.75 Å². The van der Waals surface area contributed by atoms with Crippen LogP contribution >= 0.6 is 0 Å². The number of hydrogen-bond donors (Lipinski definition) is 1. The van der Waals surface area contributed by atoms with Crippen molar-refractivity contribution in [2.75, 3.05) is 47.5 Å². The summed E-state index contributed by atoms with van der Waals surface area (Å²) in [5, 5.41) is 3.36. The molecule has 1 saturated heterocycles. The molecule has 1 aromatic carbocycles. The molecule has 1 fully saturated rings. The van der Waals surface area contributed by atoms with Crippen LogP contribution < -0.4 is 10.1 Å². The first-order valence-corrected chi connectivity index (χ1v) is 7.71. The zero-order chi connectivity index (χ0) is 15.1. The van der Waals surface area contributed by atoms with Crippen LogP contribution in [0.25, 0.3) is 0 Å². The van der Waals surface area contributed by atoms with E-state index in [9.17, 15) is 0 Å². The third-order valence-corrected chi connectivity index (χ3v) is 4.30. The van der Waals surface area contributed by atoms with E-state index in [-0.39, 0.29) is 0 Å². The molecule has 1 heterocycles.